The Bertz CT molecular complexity index is 599. The van der Waals surface area contributed by atoms with Gasteiger partial charge in [0.05, 0.1) is 6.10 Å². The average Bonchev–Trinajstić information content (AvgIpc) is 2.47. The van der Waals surface area contributed by atoms with Crippen molar-refractivity contribution in [3.63, 3.8) is 0 Å². The molecule has 2 heteroatoms. The highest BCUT2D eigenvalue weighted by Crippen LogP contribution is 2.31. The molecule has 2 aromatic carbocycles. The van der Waals surface area contributed by atoms with Gasteiger partial charge in [-0.25, -0.2) is 0 Å². The molecule has 0 aliphatic carbocycles. The van der Waals surface area contributed by atoms with Crippen molar-refractivity contribution in [2.45, 2.75) is 39.0 Å². The van der Waals surface area contributed by atoms with E-state index < -0.39 is 0 Å². The molecule has 0 spiro atoms. The lowest BCUT2D eigenvalue weighted by Gasteiger charge is -2.27. The van der Waals surface area contributed by atoms with Crippen LogP contribution in [0.2, 0.25) is 0 Å². The normalized spacial score (nSPS) is 13.2. The summed E-state index contributed by atoms with van der Waals surface area (Å²) in [5, 5.41) is 10.4. The summed E-state index contributed by atoms with van der Waals surface area (Å²) in [5.74, 6) is 0.715. The fourth-order valence-electron chi connectivity index (χ4n) is 2.40. The molecule has 0 amide bonds. The summed E-state index contributed by atoms with van der Waals surface area (Å²) in [6.07, 6.45) is 0.308. The van der Waals surface area contributed by atoms with Crippen LogP contribution in [-0.4, -0.2) is 11.2 Å². The Morgan fingerprint density at radius 1 is 0.905 bits per heavy atom. The van der Waals surface area contributed by atoms with Gasteiger partial charge in [0.15, 0.2) is 0 Å². The molecule has 1 unspecified atom stereocenters. The second-order valence-electron chi connectivity index (χ2n) is 6.56. The first-order valence-corrected chi connectivity index (χ1v) is 8.02. The number of rotatable bonds is 4. The van der Waals surface area contributed by atoms with E-state index in [0.717, 1.165) is 0 Å². The largest absolute Gasteiger partial charge is 0.392 e. The standard InChI is InChI=1S/C19H24OS/c1-19(2,3)18(20)12-14-8-4-6-10-16(14)17-11-7-5-9-15(17)13-21/h4-11,18,20-21H,12-13H2,1-3H3. The molecular formula is C19H24OS. The van der Waals surface area contributed by atoms with Crippen molar-refractivity contribution >= 4 is 12.6 Å². The predicted molar refractivity (Wildman–Crippen MR) is 93.7 cm³/mol. The van der Waals surface area contributed by atoms with E-state index in [1.807, 2.05) is 12.1 Å². The molecule has 0 saturated carbocycles. The second kappa shape index (κ2) is 6.67. The van der Waals surface area contributed by atoms with E-state index in [2.05, 4.69) is 69.8 Å². The van der Waals surface area contributed by atoms with Crippen LogP contribution in [0.5, 0.6) is 0 Å². The fraction of sp³-hybridized carbons (Fsp3) is 0.368. The molecule has 112 valence electrons. The third-order valence-electron chi connectivity index (χ3n) is 3.91. The molecule has 21 heavy (non-hydrogen) atoms. The molecule has 2 aromatic rings. The summed E-state index contributed by atoms with van der Waals surface area (Å²) in [7, 11) is 0. The van der Waals surface area contributed by atoms with Gasteiger partial charge in [-0.1, -0.05) is 69.3 Å². The van der Waals surface area contributed by atoms with Crippen LogP contribution in [0.4, 0.5) is 0 Å². The number of thiol groups is 1. The zero-order valence-electron chi connectivity index (χ0n) is 13.0. The molecule has 2 rings (SSSR count). The van der Waals surface area contributed by atoms with E-state index in [9.17, 15) is 5.11 Å². The molecule has 0 saturated heterocycles. The van der Waals surface area contributed by atoms with Crippen LogP contribution < -0.4 is 0 Å². The van der Waals surface area contributed by atoms with Crippen molar-refractivity contribution in [2.24, 2.45) is 5.41 Å². The first-order chi connectivity index (χ1) is 9.93. The van der Waals surface area contributed by atoms with Gasteiger partial charge in [-0.2, -0.15) is 12.6 Å². The molecule has 0 aliphatic heterocycles. The van der Waals surface area contributed by atoms with Crippen molar-refractivity contribution in [1.29, 1.82) is 0 Å². The van der Waals surface area contributed by atoms with Crippen LogP contribution in [0.3, 0.4) is 0 Å². The first kappa shape index (κ1) is 16.1. The highest BCUT2D eigenvalue weighted by atomic mass is 32.1. The Labute approximate surface area is 133 Å². The molecular weight excluding hydrogens is 276 g/mol. The lowest BCUT2D eigenvalue weighted by Crippen LogP contribution is -2.28. The van der Waals surface area contributed by atoms with Crippen molar-refractivity contribution in [2.75, 3.05) is 0 Å². The van der Waals surface area contributed by atoms with Gasteiger partial charge in [-0.15, -0.1) is 0 Å². The first-order valence-electron chi connectivity index (χ1n) is 7.38. The summed E-state index contributed by atoms with van der Waals surface area (Å²) < 4.78 is 0. The van der Waals surface area contributed by atoms with E-state index >= 15 is 0 Å². The summed E-state index contributed by atoms with van der Waals surface area (Å²) in [4.78, 5) is 0. The van der Waals surface area contributed by atoms with Crippen molar-refractivity contribution < 1.29 is 5.11 Å². The second-order valence-corrected chi connectivity index (χ2v) is 6.87. The van der Waals surface area contributed by atoms with E-state index in [1.165, 1.54) is 22.3 Å². The third-order valence-corrected chi connectivity index (χ3v) is 4.25. The van der Waals surface area contributed by atoms with Gasteiger partial charge in [-0.05, 0) is 34.1 Å². The van der Waals surface area contributed by atoms with Crippen LogP contribution in [0.25, 0.3) is 11.1 Å². The van der Waals surface area contributed by atoms with Crippen LogP contribution in [0.15, 0.2) is 48.5 Å². The lowest BCUT2D eigenvalue weighted by atomic mass is 9.83. The Hall–Kier alpha value is -1.25. The van der Waals surface area contributed by atoms with E-state index in [0.29, 0.717) is 12.2 Å². The number of benzene rings is 2. The van der Waals surface area contributed by atoms with Gasteiger partial charge in [0.1, 0.15) is 0 Å². The summed E-state index contributed by atoms with van der Waals surface area (Å²) in [5.41, 5.74) is 4.71. The SMILES string of the molecule is CC(C)(C)C(O)Cc1ccccc1-c1ccccc1CS. The fourth-order valence-corrected chi connectivity index (χ4v) is 2.67. The van der Waals surface area contributed by atoms with E-state index in [1.54, 1.807) is 0 Å². The average molecular weight is 300 g/mol. The van der Waals surface area contributed by atoms with Crippen LogP contribution in [0.1, 0.15) is 31.9 Å². The molecule has 1 nitrogen and oxygen atoms in total. The van der Waals surface area contributed by atoms with Crippen LogP contribution >= 0.6 is 12.6 Å². The molecule has 0 bridgehead atoms. The zero-order chi connectivity index (χ0) is 15.5. The van der Waals surface area contributed by atoms with Crippen LogP contribution in [0, 0.1) is 5.41 Å². The third kappa shape index (κ3) is 3.90. The number of hydrogen-bond acceptors (Lipinski definition) is 2. The number of aliphatic hydroxyl groups is 1. The summed E-state index contributed by atoms with van der Waals surface area (Å²) in [6.45, 7) is 6.21. The molecule has 0 fully saturated rings. The molecule has 0 radical (unpaired) electrons. The highest BCUT2D eigenvalue weighted by Gasteiger charge is 2.23. The lowest BCUT2D eigenvalue weighted by molar-refractivity contribution is 0.0637. The van der Waals surface area contributed by atoms with E-state index in [4.69, 9.17) is 0 Å². The van der Waals surface area contributed by atoms with Crippen molar-refractivity contribution in [3.8, 4) is 11.1 Å². The number of aliphatic hydroxyl groups excluding tert-OH is 1. The zero-order valence-corrected chi connectivity index (χ0v) is 13.9. The van der Waals surface area contributed by atoms with E-state index in [-0.39, 0.29) is 11.5 Å². The minimum atomic E-state index is -0.359. The number of hydrogen-bond donors (Lipinski definition) is 2. The maximum atomic E-state index is 10.4. The van der Waals surface area contributed by atoms with Gasteiger partial charge in [-0.3, -0.25) is 0 Å². The van der Waals surface area contributed by atoms with Crippen molar-refractivity contribution in [3.05, 3.63) is 59.7 Å². The van der Waals surface area contributed by atoms with Gasteiger partial charge in [0.2, 0.25) is 0 Å². The Morgan fingerprint density at radius 3 is 1.90 bits per heavy atom. The smallest absolute Gasteiger partial charge is 0.0629 e. The Morgan fingerprint density at radius 2 is 1.38 bits per heavy atom. The van der Waals surface area contributed by atoms with Crippen molar-refractivity contribution in [1.82, 2.24) is 0 Å². The molecule has 0 aliphatic rings. The minimum Gasteiger partial charge on any atom is -0.392 e. The Balaban J connectivity index is 2.42. The van der Waals surface area contributed by atoms with Gasteiger partial charge >= 0.3 is 0 Å². The van der Waals surface area contributed by atoms with Gasteiger partial charge < -0.3 is 5.11 Å². The minimum absolute atomic E-state index is 0.115. The molecule has 1 atom stereocenters. The summed E-state index contributed by atoms with van der Waals surface area (Å²) >= 11 is 4.43. The quantitative estimate of drug-likeness (QED) is 0.782. The molecule has 0 heterocycles. The Kier molecular flexibility index (Phi) is 5.13. The summed E-state index contributed by atoms with van der Waals surface area (Å²) in [6, 6.07) is 16.7. The maximum Gasteiger partial charge on any atom is 0.0629 e. The predicted octanol–water partition coefficient (Wildman–Crippen LogP) is 4.73. The topological polar surface area (TPSA) is 20.2 Å². The monoisotopic (exact) mass is 300 g/mol. The van der Waals surface area contributed by atoms with Gasteiger partial charge in [0.25, 0.3) is 0 Å². The van der Waals surface area contributed by atoms with Crippen LogP contribution in [-0.2, 0) is 12.2 Å². The molecule has 0 aromatic heterocycles. The highest BCUT2D eigenvalue weighted by molar-refractivity contribution is 7.79. The molecule has 1 N–H and O–H groups in total. The maximum absolute atomic E-state index is 10.4. The van der Waals surface area contributed by atoms with Gasteiger partial charge in [0, 0.05) is 5.75 Å².